The lowest BCUT2D eigenvalue weighted by Crippen LogP contribution is -2.57. The number of nitrogens with zero attached hydrogens (tertiary/aromatic N) is 2. The number of alkyl halides is 1. The van der Waals surface area contributed by atoms with E-state index >= 15 is 0 Å². The van der Waals surface area contributed by atoms with E-state index in [4.69, 9.17) is 34.8 Å². The highest BCUT2D eigenvalue weighted by atomic mass is 35.5. The summed E-state index contributed by atoms with van der Waals surface area (Å²) in [6.07, 6.45) is -0.103. The highest BCUT2D eigenvalue weighted by Crippen LogP contribution is 2.61. The summed E-state index contributed by atoms with van der Waals surface area (Å²) in [4.78, 5) is 57.8. The molecule has 1 saturated heterocycles. The number of benzene rings is 4. The van der Waals surface area contributed by atoms with Gasteiger partial charge in [-0.15, -0.1) is 11.6 Å². The van der Waals surface area contributed by atoms with E-state index in [2.05, 4.69) is 0 Å². The number of hydrogen-bond donors (Lipinski definition) is 0. The van der Waals surface area contributed by atoms with Gasteiger partial charge in [-0.05, 0) is 71.1 Å². The van der Waals surface area contributed by atoms with Crippen LogP contribution >= 0.6 is 34.8 Å². The Morgan fingerprint density at radius 2 is 1.29 bits per heavy atom. The third-order valence-corrected chi connectivity index (χ3v) is 9.89. The van der Waals surface area contributed by atoms with Gasteiger partial charge < -0.3 is 0 Å². The molecule has 10 heteroatoms. The highest BCUT2D eigenvalue weighted by Gasteiger charge is 2.63. The molecule has 8 rings (SSSR count). The lowest BCUT2D eigenvalue weighted by molar-refractivity contribution is -0.156. The third kappa shape index (κ3) is 4.59. The summed E-state index contributed by atoms with van der Waals surface area (Å²) in [7, 11) is 0. The first-order chi connectivity index (χ1) is 21.7. The van der Waals surface area contributed by atoms with Gasteiger partial charge in [0.05, 0.1) is 22.4 Å². The summed E-state index contributed by atoms with van der Waals surface area (Å²) in [6, 6.07) is 23.2. The normalized spacial score (nSPS) is 21.6. The largest absolute Gasteiger partial charge is 0.292 e. The van der Waals surface area contributed by atoms with Gasteiger partial charge in [0.25, 0.3) is 17.7 Å². The second kappa shape index (κ2) is 11.4. The fourth-order valence-electron chi connectivity index (χ4n) is 7.31. The number of halogens is 4. The van der Waals surface area contributed by atoms with Gasteiger partial charge in [0, 0.05) is 28.3 Å². The number of Topliss-reactive ketones (excluding diaryl/α,β-unsaturated/α-hetero) is 1. The first-order valence-corrected chi connectivity index (χ1v) is 15.7. The molecule has 3 aliphatic carbocycles. The number of hydrogen-bond acceptors (Lipinski definition) is 4. The Hall–Kier alpha value is -4.04. The number of amides is 3. The van der Waals surface area contributed by atoms with Crippen molar-refractivity contribution >= 4 is 58.3 Å². The fourth-order valence-corrected chi connectivity index (χ4v) is 8.00. The van der Waals surface area contributed by atoms with Gasteiger partial charge in [0.2, 0.25) is 0 Å². The van der Waals surface area contributed by atoms with Gasteiger partial charge in [-0.1, -0.05) is 71.7 Å². The molecular formula is C35H24Cl3FN2O4. The Morgan fingerprint density at radius 3 is 1.76 bits per heavy atom. The summed E-state index contributed by atoms with van der Waals surface area (Å²) < 4.78 is 13.8. The molecule has 2 bridgehead atoms. The van der Waals surface area contributed by atoms with Crippen molar-refractivity contribution in [2.24, 2.45) is 11.8 Å². The summed E-state index contributed by atoms with van der Waals surface area (Å²) in [5.41, 5.74) is 3.88. The number of imide groups is 1. The van der Waals surface area contributed by atoms with Crippen molar-refractivity contribution in [2.45, 2.75) is 24.3 Å². The molecule has 0 N–H and O–H groups in total. The summed E-state index contributed by atoms with van der Waals surface area (Å²) in [5, 5.41) is 2.02. The van der Waals surface area contributed by atoms with Gasteiger partial charge in [0.1, 0.15) is 11.9 Å². The molecule has 4 aromatic carbocycles. The minimum absolute atomic E-state index is 0.0206. The Labute approximate surface area is 273 Å². The first kappa shape index (κ1) is 29.7. The smallest absolute Gasteiger partial charge is 0.275 e. The molecule has 3 atom stereocenters. The van der Waals surface area contributed by atoms with E-state index in [9.17, 15) is 23.6 Å². The maximum Gasteiger partial charge on any atom is 0.275 e. The van der Waals surface area contributed by atoms with Gasteiger partial charge in [-0.2, -0.15) is 5.01 Å². The molecular weight excluding hydrogens is 638 g/mol. The van der Waals surface area contributed by atoms with Crippen LogP contribution in [0.15, 0.2) is 91.0 Å². The molecule has 0 aromatic heterocycles. The Kier molecular flexibility index (Phi) is 7.51. The molecule has 0 unspecified atom stereocenters. The van der Waals surface area contributed by atoms with Crippen LogP contribution in [0, 0.1) is 17.7 Å². The molecule has 45 heavy (non-hydrogen) atoms. The lowest BCUT2D eigenvalue weighted by atomic mass is 9.55. The van der Waals surface area contributed by atoms with Gasteiger partial charge >= 0.3 is 0 Å². The number of hydrazine groups is 1. The van der Waals surface area contributed by atoms with Crippen molar-refractivity contribution < 1.29 is 23.6 Å². The minimum Gasteiger partial charge on any atom is -0.292 e. The number of ketones is 1. The molecule has 4 aliphatic rings. The van der Waals surface area contributed by atoms with Crippen LogP contribution in [-0.4, -0.2) is 45.4 Å². The summed E-state index contributed by atoms with van der Waals surface area (Å²) >= 11 is 18.8. The average molecular weight is 662 g/mol. The van der Waals surface area contributed by atoms with Crippen LogP contribution < -0.4 is 0 Å². The zero-order valence-electron chi connectivity index (χ0n) is 23.5. The highest BCUT2D eigenvalue weighted by molar-refractivity contribution is 6.37. The van der Waals surface area contributed by atoms with E-state index in [1.54, 1.807) is 0 Å². The van der Waals surface area contributed by atoms with Crippen LogP contribution in [0.1, 0.15) is 61.2 Å². The van der Waals surface area contributed by atoms with Crippen molar-refractivity contribution in [3.05, 3.63) is 140 Å². The number of carbonyl (C=O) groups excluding carboxylic acids is 4. The van der Waals surface area contributed by atoms with Crippen molar-refractivity contribution in [1.82, 2.24) is 10.0 Å². The van der Waals surface area contributed by atoms with Crippen LogP contribution in [0.25, 0.3) is 0 Å². The minimum atomic E-state index is -1.39. The lowest BCUT2D eigenvalue weighted by Gasteiger charge is -2.45. The second-order valence-electron chi connectivity index (χ2n) is 11.4. The fraction of sp³-hybridized carbons (Fsp3) is 0.200. The molecule has 0 saturated carbocycles. The zero-order valence-corrected chi connectivity index (χ0v) is 25.8. The van der Waals surface area contributed by atoms with Crippen molar-refractivity contribution in [3.8, 4) is 0 Å². The van der Waals surface area contributed by atoms with E-state index in [1.807, 2.05) is 48.5 Å². The standard InChI is InChI=1S/C35H24Cl3FN2O4/c36-16-15-27(32(42)18-9-12-20(39)13-10-18)40(33(43)25-14-11-19(37)17-26(25)38)41-34(44)30-28-21-5-1-2-6-22(21)29(31(30)35(41)45)24-8-4-3-7-23(24)28/h1-14,17,27-31H,15-16H2/t27-,28?,29?,30-,31+/m0/s1. The van der Waals surface area contributed by atoms with E-state index in [0.717, 1.165) is 44.4 Å². The Bertz CT molecular complexity index is 1780. The molecule has 226 valence electrons. The SMILES string of the molecule is O=C(c1ccc(F)cc1)[C@H](CCCl)N(C(=O)c1ccc(Cl)cc1Cl)N1C(=O)[C@@H]2C3c4ccccc4C(c4ccccc43)[C@@H]2C1=O. The first-order valence-electron chi connectivity index (χ1n) is 14.4. The van der Waals surface area contributed by atoms with Gasteiger partial charge in [-0.3, -0.25) is 19.2 Å². The quantitative estimate of drug-likeness (QED) is 0.119. The second-order valence-corrected chi connectivity index (χ2v) is 12.6. The third-order valence-electron chi connectivity index (χ3n) is 9.12. The Balaban J connectivity index is 1.39. The summed E-state index contributed by atoms with van der Waals surface area (Å²) in [6.45, 7) is 0. The van der Waals surface area contributed by atoms with E-state index in [0.29, 0.717) is 0 Å². The predicted octanol–water partition coefficient (Wildman–Crippen LogP) is 7.26. The molecule has 6 nitrogen and oxygen atoms in total. The van der Waals surface area contributed by atoms with Gasteiger partial charge in [-0.25, -0.2) is 9.40 Å². The monoisotopic (exact) mass is 660 g/mol. The van der Waals surface area contributed by atoms with Crippen LogP contribution in [0.5, 0.6) is 0 Å². The summed E-state index contributed by atoms with van der Waals surface area (Å²) in [5.74, 6) is -5.73. The number of carbonyl (C=O) groups is 4. The topological polar surface area (TPSA) is 74.8 Å². The number of rotatable bonds is 7. The molecule has 3 amide bonds. The van der Waals surface area contributed by atoms with Crippen LogP contribution in [0.3, 0.4) is 0 Å². The predicted molar refractivity (Wildman–Crippen MR) is 168 cm³/mol. The molecule has 0 spiro atoms. The van der Waals surface area contributed by atoms with Gasteiger partial charge in [0.15, 0.2) is 5.78 Å². The Morgan fingerprint density at radius 1 is 0.778 bits per heavy atom. The maximum absolute atomic E-state index is 14.7. The van der Waals surface area contributed by atoms with E-state index in [1.165, 1.54) is 30.3 Å². The van der Waals surface area contributed by atoms with Crippen molar-refractivity contribution in [1.29, 1.82) is 0 Å². The van der Waals surface area contributed by atoms with Crippen LogP contribution in [0.4, 0.5) is 4.39 Å². The van der Waals surface area contributed by atoms with Crippen LogP contribution in [0.2, 0.25) is 10.0 Å². The van der Waals surface area contributed by atoms with E-state index in [-0.39, 0.29) is 33.5 Å². The molecule has 4 aromatic rings. The van der Waals surface area contributed by atoms with Crippen molar-refractivity contribution in [2.75, 3.05) is 5.88 Å². The molecule has 1 heterocycles. The molecule has 1 fully saturated rings. The van der Waals surface area contributed by atoms with Crippen LogP contribution in [-0.2, 0) is 9.59 Å². The molecule has 1 aliphatic heterocycles. The van der Waals surface area contributed by atoms with Crippen molar-refractivity contribution in [3.63, 3.8) is 0 Å². The maximum atomic E-state index is 14.7. The molecule has 0 radical (unpaired) electrons. The zero-order chi connectivity index (χ0) is 31.6. The van der Waals surface area contributed by atoms with E-state index < -0.39 is 59.0 Å². The average Bonchev–Trinajstić information content (AvgIpc) is 3.30.